The molecule has 2 rings (SSSR count). The monoisotopic (exact) mass is 263 g/mol. The molecule has 0 atom stereocenters. The van der Waals surface area contributed by atoms with Crippen LogP contribution in [0.4, 0.5) is 10.2 Å². The van der Waals surface area contributed by atoms with Crippen LogP contribution in [0.25, 0.3) is 0 Å². The second kappa shape index (κ2) is 5.84. The van der Waals surface area contributed by atoms with E-state index in [4.69, 9.17) is 5.11 Å². The summed E-state index contributed by atoms with van der Waals surface area (Å²) in [5.74, 6) is 0.664. The molecule has 0 amide bonds. The van der Waals surface area contributed by atoms with Crippen molar-refractivity contribution >= 4 is 5.82 Å². The zero-order valence-corrected chi connectivity index (χ0v) is 11.2. The van der Waals surface area contributed by atoms with Crippen molar-refractivity contribution in [1.29, 1.82) is 0 Å². The topological polar surface area (TPSA) is 50.1 Å². The van der Waals surface area contributed by atoms with Crippen molar-refractivity contribution in [2.24, 2.45) is 0 Å². The molecule has 0 aliphatic rings. The van der Waals surface area contributed by atoms with Crippen LogP contribution in [0.15, 0.2) is 24.3 Å². The van der Waals surface area contributed by atoms with Gasteiger partial charge in [-0.05, 0) is 31.5 Å². The van der Waals surface area contributed by atoms with Gasteiger partial charge in [0.05, 0.1) is 18.8 Å². The molecule has 2 N–H and O–H groups in total. The molecule has 0 fully saturated rings. The second-order valence-corrected chi connectivity index (χ2v) is 4.49. The normalized spacial score (nSPS) is 10.7. The van der Waals surface area contributed by atoms with Crippen molar-refractivity contribution in [1.82, 2.24) is 9.78 Å². The molecule has 0 radical (unpaired) electrons. The average Bonchev–Trinajstić information content (AvgIpc) is 2.65. The van der Waals surface area contributed by atoms with Crippen molar-refractivity contribution in [2.75, 3.05) is 11.9 Å². The van der Waals surface area contributed by atoms with Gasteiger partial charge in [0, 0.05) is 12.1 Å². The van der Waals surface area contributed by atoms with E-state index in [1.54, 1.807) is 16.8 Å². The molecule has 0 saturated heterocycles. The smallest absolute Gasteiger partial charge is 0.127 e. The first-order valence-electron chi connectivity index (χ1n) is 6.25. The van der Waals surface area contributed by atoms with E-state index >= 15 is 0 Å². The van der Waals surface area contributed by atoms with Crippen molar-refractivity contribution in [2.45, 2.75) is 26.9 Å². The lowest BCUT2D eigenvalue weighted by Gasteiger charge is -2.10. The number of aromatic nitrogens is 2. The molecule has 1 aromatic heterocycles. The summed E-state index contributed by atoms with van der Waals surface area (Å²) in [6.45, 7) is 5.03. The van der Waals surface area contributed by atoms with Gasteiger partial charge in [0.1, 0.15) is 11.6 Å². The van der Waals surface area contributed by atoms with Crippen LogP contribution < -0.4 is 5.32 Å². The van der Waals surface area contributed by atoms with Gasteiger partial charge in [0.2, 0.25) is 0 Å². The third kappa shape index (κ3) is 3.12. The number of benzene rings is 1. The summed E-state index contributed by atoms with van der Waals surface area (Å²) >= 11 is 0. The number of nitrogens with zero attached hydrogens (tertiary/aromatic N) is 2. The molecular weight excluding hydrogens is 245 g/mol. The van der Waals surface area contributed by atoms with Crippen molar-refractivity contribution in [3.05, 3.63) is 46.9 Å². The number of hydrogen-bond acceptors (Lipinski definition) is 3. The molecule has 4 nitrogen and oxygen atoms in total. The summed E-state index contributed by atoms with van der Waals surface area (Å²) in [5, 5.41) is 16.7. The first kappa shape index (κ1) is 13.5. The number of aliphatic hydroxyl groups is 1. The first-order chi connectivity index (χ1) is 9.11. The molecule has 1 heterocycles. The van der Waals surface area contributed by atoms with Crippen LogP contribution in [-0.2, 0) is 13.1 Å². The number of aryl methyl sites for hydroxylation is 1. The Balaban J connectivity index is 2.12. The summed E-state index contributed by atoms with van der Waals surface area (Å²) in [5.41, 5.74) is 3.00. The van der Waals surface area contributed by atoms with Crippen LogP contribution >= 0.6 is 0 Å². The third-order valence-electron chi connectivity index (χ3n) is 3.11. The minimum atomic E-state index is -0.235. The van der Waals surface area contributed by atoms with Crippen LogP contribution in [0, 0.1) is 19.7 Å². The van der Waals surface area contributed by atoms with Gasteiger partial charge in [0.15, 0.2) is 0 Å². The highest BCUT2D eigenvalue weighted by Gasteiger charge is 2.10. The molecule has 0 aliphatic carbocycles. The number of halogens is 1. The zero-order valence-electron chi connectivity index (χ0n) is 11.2. The van der Waals surface area contributed by atoms with Crippen LogP contribution in [0.3, 0.4) is 0 Å². The number of nitrogens with one attached hydrogen (secondary N) is 1. The van der Waals surface area contributed by atoms with E-state index in [0.717, 1.165) is 22.6 Å². The minimum absolute atomic E-state index is 0.0474. The lowest BCUT2D eigenvalue weighted by atomic mass is 10.2. The Morgan fingerprint density at radius 2 is 1.95 bits per heavy atom. The molecule has 5 heteroatoms. The summed E-state index contributed by atoms with van der Waals surface area (Å²) in [6.07, 6.45) is 0. The molecule has 0 spiro atoms. The fraction of sp³-hybridized carbons (Fsp3) is 0.357. The quantitative estimate of drug-likeness (QED) is 0.870. The second-order valence-electron chi connectivity index (χ2n) is 4.49. The fourth-order valence-electron chi connectivity index (χ4n) is 1.94. The van der Waals surface area contributed by atoms with Gasteiger partial charge < -0.3 is 10.4 Å². The van der Waals surface area contributed by atoms with Crippen molar-refractivity contribution in [3.8, 4) is 0 Å². The maximum Gasteiger partial charge on any atom is 0.127 e. The zero-order chi connectivity index (χ0) is 13.8. The maximum absolute atomic E-state index is 12.8. The average molecular weight is 263 g/mol. The standard InChI is InChI=1S/C14H18FN3O/c1-10-11(2)17-18(7-8-19)14(10)16-9-12-3-5-13(15)6-4-12/h3-6,16,19H,7-9H2,1-2H3. The van der Waals surface area contributed by atoms with Gasteiger partial charge in [0.25, 0.3) is 0 Å². The maximum atomic E-state index is 12.8. The summed E-state index contributed by atoms with van der Waals surface area (Å²) in [7, 11) is 0. The molecule has 0 saturated carbocycles. The highest BCUT2D eigenvalue weighted by atomic mass is 19.1. The van der Waals surface area contributed by atoms with Gasteiger partial charge in [-0.15, -0.1) is 0 Å². The number of hydrogen-bond donors (Lipinski definition) is 2. The highest BCUT2D eigenvalue weighted by Crippen LogP contribution is 2.19. The van der Waals surface area contributed by atoms with Crippen LogP contribution in [0.5, 0.6) is 0 Å². The number of anilines is 1. The summed E-state index contributed by atoms with van der Waals surface area (Å²) in [4.78, 5) is 0. The predicted octanol–water partition coefficient (Wildman–Crippen LogP) is 2.24. The Labute approximate surface area is 111 Å². The predicted molar refractivity (Wildman–Crippen MR) is 72.5 cm³/mol. The van der Waals surface area contributed by atoms with Gasteiger partial charge in [-0.1, -0.05) is 12.1 Å². The molecule has 2 aromatic rings. The third-order valence-corrected chi connectivity index (χ3v) is 3.11. The Bertz CT molecular complexity index is 549. The van der Waals surface area contributed by atoms with E-state index < -0.39 is 0 Å². The van der Waals surface area contributed by atoms with Crippen molar-refractivity contribution in [3.63, 3.8) is 0 Å². The summed E-state index contributed by atoms with van der Waals surface area (Å²) in [6, 6.07) is 6.38. The molecule has 19 heavy (non-hydrogen) atoms. The SMILES string of the molecule is Cc1nn(CCO)c(NCc2ccc(F)cc2)c1C. The van der Waals surface area contributed by atoms with E-state index in [2.05, 4.69) is 10.4 Å². The van der Waals surface area contributed by atoms with E-state index in [-0.39, 0.29) is 12.4 Å². The molecule has 0 bridgehead atoms. The highest BCUT2D eigenvalue weighted by molar-refractivity contribution is 5.47. The Morgan fingerprint density at radius 1 is 1.26 bits per heavy atom. The Morgan fingerprint density at radius 3 is 2.58 bits per heavy atom. The lowest BCUT2D eigenvalue weighted by Crippen LogP contribution is -2.10. The number of aliphatic hydroxyl groups excluding tert-OH is 1. The fourth-order valence-corrected chi connectivity index (χ4v) is 1.94. The van der Waals surface area contributed by atoms with E-state index in [1.807, 2.05) is 13.8 Å². The lowest BCUT2D eigenvalue weighted by molar-refractivity contribution is 0.270. The van der Waals surface area contributed by atoms with E-state index in [9.17, 15) is 4.39 Å². The largest absolute Gasteiger partial charge is 0.394 e. The van der Waals surface area contributed by atoms with Gasteiger partial charge in [-0.25, -0.2) is 9.07 Å². The van der Waals surface area contributed by atoms with Crippen LogP contribution in [0.2, 0.25) is 0 Å². The molecule has 1 aromatic carbocycles. The van der Waals surface area contributed by atoms with Gasteiger partial charge in [-0.2, -0.15) is 5.10 Å². The van der Waals surface area contributed by atoms with Gasteiger partial charge in [-0.3, -0.25) is 0 Å². The van der Waals surface area contributed by atoms with Crippen LogP contribution in [-0.4, -0.2) is 21.5 Å². The summed E-state index contributed by atoms with van der Waals surface area (Å²) < 4.78 is 14.6. The number of rotatable bonds is 5. The van der Waals surface area contributed by atoms with Crippen LogP contribution in [0.1, 0.15) is 16.8 Å². The van der Waals surface area contributed by atoms with Gasteiger partial charge >= 0.3 is 0 Å². The van der Waals surface area contributed by atoms with Crippen molar-refractivity contribution < 1.29 is 9.50 Å². The Hall–Kier alpha value is -1.88. The molecular formula is C14H18FN3O. The minimum Gasteiger partial charge on any atom is -0.394 e. The molecule has 102 valence electrons. The molecule has 0 unspecified atom stereocenters. The van der Waals surface area contributed by atoms with E-state index in [0.29, 0.717) is 13.1 Å². The van der Waals surface area contributed by atoms with E-state index in [1.165, 1.54) is 12.1 Å². The first-order valence-corrected chi connectivity index (χ1v) is 6.25. The molecule has 0 aliphatic heterocycles. The Kier molecular flexibility index (Phi) is 4.16.